The summed E-state index contributed by atoms with van der Waals surface area (Å²) in [5, 5.41) is 6.42. The predicted octanol–water partition coefficient (Wildman–Crippen LogP) is 2.74. The van der Waals surface area contributed by atoms with E-state index in [9.17, 15) is 14.4 Å². The number of thioether (sulfide) groups is 1. The molecule has 3 rings (SSSR count). The second-order valence-electron chi connectivity index (χ2n) is 8.57. The van der Waals surface area contributed by atoms with Gasteiger partial charge in [-0.3, -0.25) is 14.3 Å². The van der Waals surface area contributed by atoms with Crippen molar-refractivity contribution in [2.45, 2.75) is 58.4 Å². The maximum absolute atomic E-state index is 13.4. The number of hydrogen-bond acceptors (Lipinski definition) is 7. The normalized spacial score (nSPS) is 14.2. The van der Waals surface area contributed by atoms with Crippen molar-refractivity contribution in [2.24, 2.45) is 0 Å². The zero-order valence-electron chi connectivity index (χ0n) is 20.4. The molecule has 1 aromatic heterocycles. The SMILES string of the molecule is CCOC(=O)C1=C(CSc2nc3ccccc3c(=O)n2CCN(C(C)C)C(C)C)NC(=O)NC1. The number of carbonyl (C=O) groups excluding carboxylic acids is 2. The van der Waals surface area contributed by atoms with Crippen LogP contribution in [-0.2, 0) is 16.1 Å². The van der Waals surface area contributed by atoms with Gasteiger partial charge in [-0.25, -0.2) is 14.6 Å². The van der Waals surface area contributed by atoms with Gasteiger partial charge in [0.05, 0.1) is 29.6 Å². The summed E-state index contributed by atoms with van der Waals surface area (Å²) >= 11 is 1.32. The predicted molar refractivity (Wildman–Crippen MR) is 134 cm³/mol. The summed E-state index contributed by atoms with van der Waals surface area (Å²) in [5.74, 6) is -0.205. The van der Waals surface area contributed by atoms with E-state index < -0.39 is 5.97 Å². The quantitative estimate of drug-likeness (QED) is 0.302. The molecule has 0 radical (unpaired) electrons. The van der Waals surface area contributed by atoms with Crippen molar-refractivity contribution >= 4 is 34.7 Å². The Morgan fingerprint density at radius 2 is 1.91 bits per heavy atom. The van der Waals surface area contributed by atoms with Crippen LogP contribution in [0.25, 0.3) is 10.9 Å². The van der Waals surface area contributed by atoms with Gasteiger partial charge in [0.2, 0.25) is 0 Å². The fourth-order valence-electron chi connectivity index (χ4n) is 3.99. The van der Waals surface area contributed by atoms with Crippen molar-refractivity contribution < 1.29 is 14.3 Å². The van der Waals surface area contributed by atoms with E-state index in [1.54, 1.807) is 17.6 Å². The molecule has 2 amide bonds. The molecule has 9 nitrogen and oxygen atoms in total. The van der Waals surface area contributed by atoms with Crippen molar-refractivity contribution in [3.63, 3.8) is 0 Å². The van der Waals surface area contributed by atoms with Gasteiger partial charge in [0, 0.05) is 36.6 Å². The van der Waals surface area contributed by atoms with Gasteiger partial charge in [0.15, 0.2) is 5.16 Å². The Balaban J connectivity index is 1.95. The van der Waals surface area contributed by atoms with Gasteiger partial charge in [-0.1, -0.05) is 23.9 Å². The highest BCUT2D eigenvalue weighted by Gasteiger charge is 2.24. The number of esters is 1. The van der Waals surface area contributed by atoms with Gasteiger partial charge in [-0.2, -0.15) is 0 Å². The van der Waals surface area contributed by atoms with E-state index in [0.29, 0.717) is 52.5 Å². The minimum absolute atomic E-state index is 0.0935. The first-order valence-corrected chi connectivity index (χ1v) is 12.5. The Bertz CT molecular complexity index is 1130. The maximum atomic E-state index is 13.4. The van der Waals surface area contributed by atoms with Crippen LogP contribution in [0.3, 0.4) is 0 Å². The zero-order chi connectivity index (χ0) is 24.8. The number of carbonyl (C=O) groups is 2. The molecule has 0 bridgehead atoms. The lowest BCUT2D eigenvalue weighted by molar-refractivity contribution is -0.138. The Kier molecular flexibility index (Phi) is 8.73. The highest BCUT2D eigenvalue weighted by molar-refractivity contribution is 7.99. The molecule has 0 unspecified atom stereocenters. The highest BCUT2D eigenvalue weighted by atomic mass is 32.2. The van der Waals surface area contributed by atoms with Gasteiger partial charge in [0.25, 0.3) is 5.56 Å². The average molecular weight is 488 g/mol. The Morgan fingerprint density at radius 3 is 2.59 bits per heavy atom. The smallest absolute Gasteiger partial charge is 0.337 e. The minimum atomic E-state index is -0.473. The molecule has 2 heterocycles. The van der Waals surface area contributed by atoms with E-state index in [-0.39, 0.29) is 30.5 Å². The number of benzene rings is 1. The Hall–Kier alpha value is -2.85. The second kappa shape index (κ2) is 11.5. The third-order valence-corrected chi connectivity index (χ3v) is 6.66. The van der Waals surface area contributed by atoms with Crippen molar-refractivity contribution in [3.8, 4) is 0 Å². The molecule has 0 aliphatic carbocycles. The molecule has 0 saturated heterocycles. The third-order valence-electron chi connectivity index (χ3n) is 5.66. The average Bonchev–Trinajstić information content (AvgIpc) is 2.79. The number of nitrogens with zero attached hydrogens (tertiary/aromatic N) is 3. The maximum Gasteiger partial charge on any atom is 0.337 e. The minimum Gasteiger partial charge on any atom is -0.463 e. The molecular weight excluding hydrogens is 454 g/mol. The largest absolute Gasteiger partial charge is 0.463 e. The van der Waals surface area contributed by atoms with Gasteiger partial charge in [0.1, 0.15) is 0 Å². The van der Waals surface area contributed by atoms with Gasteiger partial charge in [-0.15, -0.1) is 0 Å². The van der Waals surface area contributed by atoms with E-state index in [4.69, 9.17) is 9.72 Å². The highest BCUT2D eigenvalue weighted by Crippen LogP contribution is 2.22. The van der Waals surface area contributed by atoms with Crippen LogP contribution in [0, 0.1) is 0 Å². The van der Waals surface area contributed by atoms with Gasteiger partial charge in [-0.05, 0) is 46.8 Å². The monoisotopic (exact) mass is 487 g/mol. The van der Waals surface area contributed by atoms with E-state index in [1.165, 1.54) is 11.8 Å². The van der Waals surface area contributed by atoms with Crippen molar-refractivity contribution in [1.29, 1.82) is 0 Å². The van der Waals surface area contributed by atoms with E-state index in [1.807, 2.05) is 18.2 Å². The summed E-state index contributed by atoms with van der Waals surface area (Å²) in [7, 11) is 0. The number of para-hydroxylation sites is 1. The molecule has 0 saturated carbocycles. The van der Waals surface area contributed by atoms with Crippen LogP contribution >= 0.6 is 11.8 Å². The molecule has 0 spiro atoms. The molecule has 2 N–H and O–H groups in total. The molecule has 1 aliphatic heterocycles. The number of urea groups is 1. The fraction of sp³-hybridized carbons (Fsp3) is 0.500. The number of ether oxygens (including phenoxy) is 1. The topological polar surface area (TPSA) is 106 Å². The molecule has 0 atom stereocenters. The van der Waals surface area contributed by atoms with Crippen molar-refractivity contribution in [2.75, 3.05) is 25.4 Å². The number of hydrogen-bond donors (Lipinski definition) is 2. The molecule has 184 valence electrons. The molecule has 0 fully saturated rings. The first kappa shape index (κ1) is 25.8. The Morgan fingerprint density at radius 1 is 1.21 bits per heavy atom. The summed E-state index contributed by atoms with van der Waals surface area (Å²) < 4.78 is 6.83. The molecule has 1 aromatic carbocycles. The van der Waals surface area contributed by atoms with Gasteiger partial charge < -0.3 is 15.4 Å². The van der Waals surface area contributed by atoms with Crippen LogP contribution in [0.4, 0.5) is 4.79 Å². The summed E-state index contributed by atoms with van der Waals surface area (Å²) in [6.07, 6.45) is 0. The molecule has 2 aromatic rings. The lowest BCUT2D eigenvalue weighted by Crippen LogP contribution is -2.44. The first-order valence-electron chi connectivity index (χ1n) is 11.5. The van der Waals surface area contributed by atoms with Crippen LogP contribution in [0.5, 0.6) is 0 Å². The van der Waals surface area contributed by atoms with E-state index >= 15 is 0 Å². The van der Waals surface area contributed by atoms with Crippen molar-refractivity contribution in [1.82, 2.24) is 25.1 Å². The molecule has 1 aliphatic rings. The summed E-state index contributed by atoms with van der Waals surface area (Å²) in [6.45, 7) is 11.8. The fourth-order valence-corrected chi connectivity index (χ4v) is 5.00. The van der Waals surface area contributed by atoms with Gasteiger partial charge >= 0.3 is 12.0 Å². The standard InChI is InChI=1S/C24H33N5O4S/c1-6-33-22(31)18-13-25-23(32)26-20(18)14-34-24-27-19-10-8-7-9-17(19)21(30)29(24)12-11-28(15(2)3)16(4)5/h7-10,15-16H,6,11-14H2,1-5H3,(H2,25,26,32). The number of fused-ring (bicyclic) bond motifs is 1. The van der Waals surface area contributed by atoms with E-state index in [2.05, 4.69) is 43.2 Å². The lowest BCUT2D eigenvalue weighted by Gasteiger charge is -2.31. The molecule has 34 heavy (non-hydrogen) atoms. The summed E-state index contributed by atoms with van der Waals surface area (Å²) in [6, 6.07) is 7.57. The number of aromatic nitrogens is 2. The van der Waals surface area contributed by atoms with Crippen LogP contribution in [0.1, 0.15) is 34.6 Å². The summed E-state index contributed by atoms with van der Waals surface area (Å²) in [4.78, 5) is 44.8. The molecular formula is C24H33N5O4S. The van der Waals surface area contributed by atoms with Crippen LogP contribution in [-0.4, -0.2) is 64.0 Å². The second-order valence-corrected chi connectivity index (χ2v) is 9.51. The van der Waals surface area contributed by atoms with Crippen LogP contribution in [0.2, 0.25) is 0 Å². The number of nitrogens with one attached hydrogen (secondary N) is 2. The number of amides is 2. The lowest BCUT2D eigenvalue weighted by atomic mass is 10.2. The van der Waals surface area contributed by atoms with Crippen molar-refractivity contribution in [3.05, 3.63) is 45.9 Å². The Labute approximate surface area is 203 Å². The number of rotatable bonds is 10. The van der Waals surface area contributed by atoms with Crippen LogP contribution < -0.4 is 16.2 Å². The third kappa shape index (κ3) is 5.98. The van der Waals surface area contributed by atoms with Crippen LogP contribution in [0.15, 0.2) is 45.5 Å². The van der Waals surface area contributed by atoms with E-state index in [0.717, 1.165) is 0 Å². The molecule has 10 heteroatoms. The summed E-state index contributed by atoms with van der Waals surface area (Å²) in [5.41, 5.74) is 1.35. The zero-order valence-corrected chi connectivity index (χ0v) is 21.2. The first-order chi connectivity index (χ1) is 16.2.